The summed E-state index contributed by atoms with van der Waals surface area (Å²) in [4.78, 5) is -0.727. The summed E-state index contributed by atoms with van der Waals surface area (Å²) in [6.07, 6.45) is 0.167. The van der Waals surface area contributed by atoms with Crippen LogP contribution in [-0.4, -0.2) is 43.5 Å². The van der Waals surface area contributed by atoms with Crippen LogP contribution in [0, 0.1) is 13.8 Å². The molecule has 18 heteroatoms. The van der Waals surface area contributed by atoms with Crippen molar-refractivity contribution in [3.8, 4) is 11.5 Å². The maximum Gasteiger partial charge on any atom is 0.294 e. The molecule has 0 atom stereocenters. The van der Waals surface area contributed by atoms with E-state index in [1.54, 1.807) is 36.4 Å². The van der Waals surface area contributed by atoms with E-state index in [0.717, 1.165) is 11.6 Å². The van der Waals surface area contributed by atoms with Crippen molar-refractivity contribution >= 4 is 51.7 Å². The fourth-order valence-corrected chi connectivity index (χ4v) is 10.9. The summed E-state index contributed by atoms with van der Waals surface area (Å²) in [5.41, 5.74) is 2.22. The SMILES string of the molecule is Cc1ccc(S(=O)(=O)c2ccc(Oc3ccc(S(=O)(=O)c4ccc(Cc5ccc(S(=O)(=O)c6ccc(C)c(S(=O)(=O)O)c6)cc5SOOO)cc4)cc3)cc2)cc1. The van der Waals surface area contributed by atoms with Gasteiger partial charge in [-0.3, -0.25) is 4.55 Å². The third kappa shape index (κ3) is 9.30. The number of rotatable bonds is 14. The molecule has 0 aromatic heterocycles. The lowest BCUT2D eigenvalue weighted by Crippen LogP contribution is -2.07. The molecule has 0 fully saturated rings. The van der Waals surface area contributed by atoms with E-state index in [1.165, 1.54) is 97.9 Å². The van der Waals surface area contributed by atoms with Gasteiger partial charge in [0.05, 0.1) is 46.3 Å². The summed E-state index contributed by atoms with van der Waals surface area (Å²) < 4.78 is 123. The van der Waals surface area contributed by atoms with E-state index in [1.807, 2.05) is 6.92 Å². The smallest absolute Gasteiger partial charge is 0.294 e. The second kappa shape index (κ2) is 16.5. The number of aryl methyl sites for hydroxylation is 2. The van der Waals surface area contributed by atoms with Gasteiger partial charge in [0.1, 0.15) is 11.5 Å². The van der Waals surface area contributed by atoms with E-state index < -0.39 is 44.5 Å². The highest BCUT2D eigenvalue weighted by atomic mass is 32.2. The molecule has 2 N–H and O–H groups in total. The fraction of sp³-hybridized carbons (Fsp3) is 0.0769. The Morgan fingerprint density at radius 1 is 0.526 bits per heavy atom. The van der Waals surface area contributed by atoms with Gasteiger partial charge in [0, 0.05) is 4.90 Å². The number of hydrogen-bond acceptors (Lipinski definition) is 13. The third-order valence-electron chi connectivity index (χ3n) is 8.71. The van der Waals surface area contributed by atoms with Crippen molar-refractivity contribution in [3.63, 3.8) is 0 Å². The van der Waals surface area contributed by atoms with Gasteiger partial charge < -0.3 is 4.74 Å². The number of hydrogen-bond donors (Lipinski definition) is 2. The minimum Gasteiger partial charge on any atom is -0.457 e. The lowest BCUT2D eigenvalue weighted by molar-refractivity contribution is -0.432. The van der Waals surface area contributed by atoms with Crippen molar-refractivity contribution in [1.82, 2.24) is 0 Å². The first-order chi connectivity index (χ1) is 26.9. The maximum atomic E-state index is 13.5. The van der Waals surface area contributed by atoms with Crippen LogP contribution in [0.25, 0.3) is 0 Å². The van der Waals surface area contributed by atoms with Crippen LogP contribution >= 0.6 is 12.0 Å². The summed E-state index contributed by atoms with van der Waals surface area (Å²) in [6, 6.07) is 31.5. The molecule has 0 aliphatic rings. The van der Waals surface area contributed by atoms with Crippen molar-refractivity contribution in [3.05, 3.63) is 156 Å². The van der Waals surface area contributed by atoms with Crippen LogP contribution in [0.4, 0.5) is 0 Å². The predicted octanol–water partition coefficient (Wildman–Crippen LogP) is 7.86. The molecule has 57 heavy (non-hydrogen) atoms. The Kier molecular flexibility index (Phi) is 12.1. The molecule has 0 saturated heterocycles. The van der Waals surface area contributed by atoms with E-state index in [2.05, 4.69) is 9.37 Å². The second-order valence-electron chi connectivity index (χ2n) is 12.6. The summed E-state index contributed by atoms with van der Waals surface area (Å²) in [7, 11) is -16.7. The van der Waals surface area contributed by atoms with Gasteiger partial charge in [0.25, 0.3) is 10.1 Å². The topological polar surface area (TPSA) is 205 Å². The Balaban J connectivity index is 1.16. The first-order valence-corrected chi connectivity index (χ1v) is 23.2. The second-order valence-corrected chi connectivity index (χ2v) is 20.6. The molecule has 6 aromatic rings. The van der Waals surface area contributed by atoms with Crippen LogP contribution < -0.4 is 4.74 Å². The number of ether oxygens (including phenoxy) is 1. The Hall–Kier alpha value is -4.89. The summed E-state index contributed by atoms with van der Waals surface area (Å²) in [5, 5.41) is 12.5. The average molecular weight is 869 g/mol. The highest BCUT2D eigenvalue weighted by molar-refractivity contribution is 7.95. The van der Waals surface area contributed by atoms with Crippen LogP contribution in [0.2, 0.25) is 0 Å². The summed E-state index contributed by atoms with van der Waals surface area (Å²) in [5.74, 6) is 0.668. The summed E-state index contributed by atoms with van der Waals surface area (Å²) in [6.45, 7) is 3.27. The summed E-state index contributed by atoms with van der Waals surface area (Å²) >= 11 is 0.506. The minimum atomic E-state index is -4.70. The molecular weight excluding hydrogens is 837 g/mol. The number of benzene rings is 6. The van der Waals surface area contributed by atoms with Crippen LogP contribution in [0.15, 0.2) is 173 Å². The van der Waals surface area contributed by atoms with Gasteiger partial charge in [0.2, 0.25) is 29.5 Å². The van der Waals surface area contributed by atoms with Crippen LogP contribution in [0.1, 0.15) is 22.3 Å². The van der Waals surface area contributed by atoms with Gasteiger partial charge in [-0.05, 0) is 134 Å². The Morgan fingerprint density at radius 3 is 1.44 bits per heavy atom. The van der Waals surface area contributed by atoms with Crippen LogP contribution in [0.5, 0.6) is 11.5 Å². The van der Waals surface area contributed by atoms with Gasteiger partial charge >= 0.3 is 0 Å². The fourth-order valence-electron chi connectivity index (χ4n) is 5.64. The molecule has 13 nitrogen and oxygen atoms in total. The molecule has 0 bridgehead atoms. The van der Waals surface area contributed by atoms with Gasteiger partial charge in [-0.1, -0.05) is 47.0 Å². The van der Waals surface area contributed by atoms with Crippen LogP contribution in [0.3, 0.4) is 0 Å². The van der Waals surface area contributed by atoms with Crippen molar-refractivity contribution in [2.24, 2.45) is 0 Å². The predicted molar refractivity (Wildman–Crippen MR) is 208 cm³/mol. The highest BCUT2D eigenvalue weighted by Gasteiger charge is 2.24. The van der Waals surface area contributed by atoms with Crippen molar-refractivity contribution in [2.45, 2.75) is 59.4 Å². The number of sulfone groups is 3. The zero-order chi connectivity index (χ0) is 41.2. The van der Waals surface area contributed by atoms with Crippen molar-refractivity contribution in [1.29, 1.82) is 0 Å². The largest absolute Gasteiger partial charge is 0.457 e. The molecule has 0 amide bonds. The van der Waals surface area contributed by atoms with E-state index in [4.69, 9.17) is 9.99 Å². The Labute approximate surface area is 334 Å². The van der Waals surface area contributed by atoms with Crippen LogP contribution in [-0.2, 0) is 55.4 Å². The quantitative estimate of drug-likeness (QED) is 0.0463. The zero-order valence-electron chi connectivity index (χ0n) is 29.8. The molecule has 0 unspecified atom stereocenters. The molecule has 0 spiro atoms. The molecule has 0 radical (unpaired) electrons. The molecular formula is C39H32O13S5. The van der Waals surface area contributed by atoms with E-state index in [0.29, 0.717) is 34.7 Å². The standard InChI is InChI=1S/C39H32O13S5/c1-26-3-13-32(14-4-26)54(41,42)34-19-9-30(10-20-34)50-31-11-21-35(22-12-31)55(43,44)33-16-6-28(7-17-33)23-29-8-18-36(24-38(29)53-52-51-40)56(45,46)37-15-5-27(2)39(25-37)57(47,48)49/h3-22,24-25,40H,23H2,1-2H3,(H,47,48,49). The zero-order valence-corrected chi connectivity index (χ0v) is 33.9. The van der Waals surface area contributed by atoms with E-state index in [-0.39, 0.29) is 46.3 Å². The van der Waals surface area contributed by atoms with Gasteiger partial charge in [-0.15, -0.1) is 4.33 Å². The molecule has 0 heterocycles. The molecule has 0 saturated carbocycles. The molecule has 0 aliphatic heterocycles. The first-order valence-electron chi connectivity index (χ1n) is 16.5. The molecule has 0 aliphatic carbocycles. The van der Waals surface area contributed by atoms with Gasteiger partial charge in [0.15, 0.2) is 0 Å². The highest BCUT2D eigenvalue weighted by Crippen LogP contribution is 2.33. The first kappa shape index (κ1) is 41.7. The monoisotopic (exact) mass is 868 g/mol. The van der Waals surface area contributed by atoms with Crippen molar-refractivity contribution < 1.29 is 57.6 Å². The lowest BCUT2D eigenvalue weighted by Gasteiger charge is -2.13. The average Bonchev–Trinajstić information content (AvgIpc) is 3.18. The van der Waals surface area contributed by atoms with E-state index in [9.17, 15) is 38.2 Å². The molecule has 6 aromatic carbocycles. The Bertz CT molecular complexity index is 2880. The van der Waals surface area contributed by atoms with Gasteiger partial charge in [-0.25, -0.2) is 30.5 Å². The lowest BCUT2D eigenvalue weighted by atomic mass is 10.1. The Morgan fingerprint density at radius 2 is 0.947 bits per heavy atom. The van der Waals surface area contributed by atoms with Crippen molar-refractivity contribution in [2.75, 3.05) is 0 Å². The maximum absolute atomic E-state index is 13.5. The van der Waals surface area contributed by atoms with Gasteiger partial charge in [-0.2, -0.15) is 8.42 Å². The molecule has 296 valence electrons. The third-order valence-corrected chi connectivity index (χ3v) is 15.7. The normalized spacial score (nSPS) is 12.4. The molecule has 6 rings (SSSR count). The van der Waals surface area contributed by atoms with E-state index >= 15 is 0 Å². The minimum absolute atomic E-state index is 0.000655.